The second kappa shape index (κ2) is 20.1. The molecule has 0 radical (unpaired) electrons. The van der Waals surface area contributed by atoms with Crippen molar-refractivity contribution in [1.29, 1.82) is 0 Å². The number of esters is 1. The molecule has 0 atom stereocenters. The molecule has 1 spiro atoms. The highest BCUT2D eigenvalue weighted by atomic mass is 79.9. The minimum Gasteiger partial charge on any atom is -0.451 e. The van der Waals surface area contributed by atoms with Gasteiger partial charge in [0.2, 0.25) is 23.7 Å². The fourth-order valence-corrected chi connectivity index (χ4v) is 8.84. The maximum absolute atomic E-state index is 13.9. The molecule has 5 heterocycles. The van der Waals surface area contributed by atoms with Gasteiger partial charge in [0.05, 0.1) is 11.2 Å². The molecule has 17 heteroatoms. The number of nitrogens with one attached hydrogen (secondary N) is 2. The van der Waals surface area contributed by atoms with Crippen LogP contribution in [0.25, 0.3) is 22.3 Å². The molecule has 64 heavy (non-hydrogen) atoms. The second-order valence-electron chi connectivity index (χ2n) is 15.4. The van der Waals surface area contributed by atoms with Crippen LogP contribution in [0.3, 0.4) is 0 Å². The number of hydrogen-bond donors (Lipinski definition) is 3. The third-order valence-electron chi connectivity index (χ3n) is 11.6. The van der Waals surface area contributed by atoms with Crippen molar-refractivity contribution in [1.82, 2.24) is 29.9 Å². The van der Waals surface area contributed by atoms with E-state index in [0.717, 1.165) is 15.6 Å². The first kappa shape index (κ1) is 45.1. The van der Waals surface area contributed by atoms with E-state index in [0.29, 0.717) is 79.2 Å². The van der Waals surface area contributed by atoms with Gasteiger partial charge in [-0.05, 0) is 98.1 Å². The number of aromatic nitrogens is 6. The lowest BCUT2D eigenvalue weighted by Crippen LogP contribution is -2.36. The van der Waals surface area contributed by atoms with Crippen LogP contribution in [0.2, 0.25) is 0 Å². The van der Waals surface area contributed by atoms with Crippen molar-refractivity contribution in [3.8, 4) is 22.3 Å². The van der Waals surface area contributed by atoms with Crippen LogP contribution in [0.5, 0.6) is 0 Å². The topological polar surface area (TPSA) is 199 Å². The molecule has 0 bridgehead atoms. The number of amides is 2. The molecule has 6 aromatic rings. The van der Waals surface area contributed by atoms with E-state index in [1.807, 2.05) is 6.07 Å². The molecule has 0 saturated heterocycles. The Labute approximate surface area is 374 Å². The highest BCUT2D eigenvalue weighted by molar-refractivity contribution is 9.10. The average molecular weight is 931 g/mol. The first-order valence-corrected chi connectivity index (χ1v) is 21.1. The number of nitrogens with zero attached hydrogens (tertiary/aromatic N) is 6. The number of ether oxygens (including phenoxy) is 1. The summed E-state index contributed by atoms with van der Waals surface area (Å²) in [5.41, 5.74) is 2.41. The van der Waals surface area contributed by atoms with Crippen LogP contribution in [0.1, 0.15) is 72.9 Å². The summed E-state index contributed by atoms with van der Waals surface area (Å²) in [6.45, 7) is 2.68. The van der Waals surface area contributed by atoms with E-state index in [9.17, 15) is 28.3 Å². The fourth-order valence-electron chi connectivity index (χ4n) is 8.22. The third kappa shape index (κ3) is 10.1. The molecular weight excluding hydrogens is 889 g/mol. The summed E-state index contributed by atoms with van der Waals surface area (Å²) in [6.07, 6.45) is 16.8. The van der Waals surface area contributed by atoms with Crippen LogP contribution in [-0.4, -0.2) is 58.7 Å². The number of fused-ring (bicyclic) bond motifs is 2. The number of rotatable bonds is 7. The molecule has 14 nitrogen and oxygen atoms in total. The highest BCUT2D eigenvalue weighted by Gasteiger charge is 2.48. The summed E-state index contributed by atoms with van der Waals surface area (Å²) < 4.78 is 34.3. The Balaban J connectivity index is 0.000000181. The first-order chi connectivity index (χ1) is 30.9. The summed E-state index contributed by atoms with van der Waals surface area (Å²) in [5.74, 6) is -0.276. The van der Waals surface area contributed by atoms with E-state index in [-0.39, 0.29) is 53.2 Å². The molecule has 2 saturated carbocycles. The number of aliphatic hydroxyl groups is 1. The number of hydrogen-bond acceptors (Lipinski definition) is 12. The van der Waals surface area contributed by atoms with Gasteiger partial charge in [-0.25, -0.2) is 38.3 Å². The zero-order chi connectivity index (χ0) is 45.3. The molecule has 1 aliphatic heterocycles. The predicted molar refractivity (Wildman–Crippen MR) is 235 cm³/mol. The zero-order valence-electron chi connectivity index (χ0n) is 34.2. The van der Waals surface area contributed by atoms with E-state index in [2.05, 4.69) is 63.0 Å². The van der Waals surface area contributed by atoms with E-state index < -0.39 is 11.2 Å². The molecule has 326 valence electrons. The third-order valence-corrected chi connectivity index (χ3v) is 12.2. The second-order valence-corrected chi connectivity index (χ2v) is 16.3. The lowest BCUT2D eigenvalue weighted by Gasteiger charge is -2.36. The van der Waals surface area contributed by atoms with E-state index in [1.54, 1.807) is 61.1 Å². The Bertz CT molecular complexity index is 2670. The van der Waals surface area contributed by atoms with Gasteiger partial charge in [-0.1, -0.05) is 36.4 Å². The molecule has 4 aromatic heterocycles. The standard InChI is InChI=1S/C23H19FN4O3.C22H20BrFN4O2.C2H2O/c24-19-4-2-1-3-16(19)15-11-26-22(27-12-15)28-20(29)14-5-8-23(9-6-14)18-7-10-25-13-17(18)21(30)31-23;23-18-13-25-10-7-17(18)22(30)8-5-14(6-9-22)20(29)28-21-26-11-15(12-27-21)16-3-1-2-4-19(16)24;1-2-3/h1-4,7,10-14H,5-6,8-9H2,(H,26,27,28,29);1-4,7,10-14,30H,5-6,8-9H2,(H,26,27,28,29);1H2/i;;2-1. The lowest BCUT2D eigenvalue weighted by molar-refractivity contribution is -0.123. The van der Waals surface area contributed by atoms with Crippen LogP contribution in [-0.2, 0) is 30.3 Å². The van der Waals surface area contributed by atoms with Gasteiger partial charge in [-0.2, -0.15) is 0 Å². The lowest BCUT2D eigenvalue weighted by atomic mass is 9.75. The van der Waals surface area contributed by atoms with Crippen LogP contribution in [0.15, 0.2) is 121 Å². The number of carbonyl (C=O) groups is 3. The average Bonchev–Trinajstić information content (AvgIpc) is 3.58. The Hall–Kier alpha value is -6.94. The minimum absolute atomic E-state index is 0.173. The number of carbonyl (C=O) groups excluding carboxylic acids is 4. The fraction of sp³-hybridized carbons (Fsp3) is 0.255. The van der Waals surface area contributed by atoms with Gasteiger partial charge in [0.15, 0.2) is 0 Å². The SMILES string of the molecule is C=[11C]=O.O=C(Nc1ncc(-c2ccccc2F)cn1)C1CCC(O)(c2ccncc2Br)CC1.O=C1OC2(CCC(C(=O)Nc3ncc(-c4ccccc4F)cn3)CC2)c2ccncc21. The summed E-state index contributed by atoms with van der Waals surface area (Å²) in [7, 11) is 0. The van der Waals surface area contributed by atoms with E-state index in [4.69, 9.17) is 9.53 Å². The van der Waals surface area contributed by atoms with Gasteiger partial charge in [-0.3, -0.25) is 30.2 Å². The molecule has 9 rings (SSSR count). The highest BCUT2D eigenvalue weighted by Crippen LogP contribution is 2.48. The van der Waals surface area contributed by atoms with Crippen molar-refractivity contribution >= 4 is 51.6 Å². The summed E-state index contributed by atoms with van der Waals surface area (Å²) in [5, 5.41) is 16.5. The smallest absolute Gasteiger partial charge is 0.341 e. The monoisotopic (exact) mass is 929 g/mol. The van der Waals surface area contributed by atoms with Crippen LogP contribution >= 0.6 is 15.9 Å². The quantitative estimate of drug-likeness (QED) is 0.102. The molecular formula is C47H41BrF2N8O6. The summed E-state index contributed by atoms with van der Waals surface area (Å²) in [6, 6.07) is 16.4. The largest absolute Gasteiger partial charge is 0.451 e. The summed E-state index contributed by atoms with van der Waals surface area (Å²) >= 11 is 3.44. The number of benzene rings is 2. The normalized spacial score (nSPS) is 20.8. The molecule has 2 amide bonds. The number of pyridine rings is 2. The Morgan fingerprint density at radius 3 is 1.59 bits per heavy atom. The van der Waals surface area contributed by atoms with Gasteiger partial charge in [0, 0.05) is 99.3 Å². The Kier molecular flexibility index (Phi) is 14.1. The molecule has 2 aliphatic carbocycles. The minimum atomic E-state index is -0.976. The number of halogens is 3. The molecule has 2 aromatic carbocycles. The van der Waals surface area contributed by atoms with Crippen molar-refractivity contribution in [3.05, 3.63) is 150 Å². The van der Waals surface area contributed by atoms with Crippen molar-refractivity contribution in [2.45, 2.75) is 62.6 Å². The van der Waals surface area contributed by atoms with Gasteiger partial charge >= 0.3 is 5.97 Å². The molecule has 2 fully saturated rings. The maximum atomic E-state index is 13.9. The predicted octanol–water partition coefficient (Wildman–Crippen LogP) is 8.33. The molecule has 3 N–H and O–H groups in total. The van der Waals surface area contributed by atoms with Gasteiger partial charge in [0.1, 0.15) is 23.2 Å². The van der Waals surface area contributed by atoms with Crippen LogP contribution in [0, 0.1) is 23.5 Å². The van der Waals surface area contributed by atoms with Crippen molar-refractivity contribution < 1.29 is 37.8 Å². The van der Waals surface area contributed by atoms with Gasteiger partial charge in [-0.15, -0.1) is 0 Å². The molecule has 0 unspecified atom stereocenters. The Morgan fingerprint density at radius 1 is 0.688 bits per heavy atom. The van der Waals surface area contributed by atoms with Crippen molar-refractivity contribution in [2.24, 2.45) is 11.8 Å². The number of anilines is 2. The zero-order valence-corrected chi connectivity index (χ0v) is 35.8. The van der Waals surface area contributed by atoms with Crippen LogP contribution in [0.4, 0.5) is 20.7 Å². The maximum Gasteiger partial charge on any atom is 0.341 e. The van der Waals surface area contributed by atoms with Crippen molar-refractivity contribution in [2.75, 3.05) is 10.6 Å². The van der Waals surface area contributed by atoms with E-state index in [1.165, 1.54) is 49.1 Å². The van der Waals surface area contributed by atoms with Gasteiger partial charge < -0.3 is 9.84 Å². The first-order valence-electron chi connectivity index (χ1n) is 20.3. The van der Waals surface area contributed by atoms with Crippen molar-refractivity contribution in [3.63, 3.8) is 0 Å². The Morgan fingerprint density at radius 2 is 1.12 bits per heavy atom. The molecule has 3 aliphatic rings. The van der Waals surface area contributed by atoms with Gasteiger partial charge in [0.25, 0.3) is 0 Å². The van der Waals surface area contributed by atoms with Crippen LogP contribution < -0.4 is 10.6 Å². The van der Waals surface area contributed by atoms with E-state index >= 15 is 0 Å². The summed E-state index contributed by atoms with van der Waals surface area (Å²) in [4.78, 5) is 70.7.